The van der Waals surface area contributed by atoms with E-state index in [0.29, 0.717) is 21.8 Å². The lowest BCUT2D eigenvalue weighted by Gasteiger charge is -2.05. The summed E-state index contributed by atoms with van der Waals surface area (Å²) in [4.78, 5) is 2.91. The number of benzene rings is 3. The molecule has 0 spiro atoms. The molecule has 7 heteroatoms. The van der Waals surface area contributed by atoms with Crippen LogP contribution < -0.4 is 0 Å². The number of aromatic amines is 1. The second-order valence-corrected chi connectivity index (χ2v) is 9.08. The Morgan fingerprint density at radius 1 is 0.935 bits per heavy atom. The van der Waals surface area contributed by atoms with Gasteiger partial charge in [-0.1, -0.05) is 41.9 Å². The van der Waals surface area contributed by atoms with Crippen LogP contribution in [-0.4, -0.2) is 13.4 Å². The Labute approximate surface area is 184 Å². The van der Waals surface area contributed by atoms with Crippen molar-refractivity contribution in [1.82, 2.24) is 4.98 Å². The third kappa shape index (κ3) is 3.83. The van der Waals surface area contributed by atoms with E-state index in [1.54, 1.807) is 24.3 Å². The zero-order valence-corrected chi connectivity index (χ0v) is 17.6. The molecule has 0 atom stereocenters. The highest BCUT2D eigenvalue weighted by Crippen LogP contribution is 2.34. The lowest BCUT2D eigenvalue weighted by atomic mass is 10.0. The molecule has 0 aliphatic heterocycles. The van der Waals surface area contributed by atoms with E-state index in [4.69, 9.17) is 16.9 Å². The Balaban J connectivity index is 1.93. The highest BCUT2D eigenvalue weighted by atomic mass is 35.5. The molecule has 0 fully saturated rings. The molecule has 0 saturated carbocycles. The minimum atomic E-state index is -4.04. The van der Waals surface area contributed by atoms with Gasteiger partial charge in [0.15, 0.2) is 0 Å². The standard InChI is InChI=1S/C24H14ClN3O2S/c25-18-9-11-19(12-10-18)31(29,30)20(15-27)13-22-21-3-1-2-4-23(21)28-24(22)17-7-5-16(14-26)6-8-17/h1-13,28H/b20-13+. The first-order valence-corrected chi connectivity index (χ1v) is 11.0. The van der Waals surface area contributed by atoms with Crippen molar-refractivity contribution in [2.45, 2.75) is 4.90 Å². The van der Waals surface area contributed by atoms with Crippen LogP contribution in [-0.2, 0) is 9.84 Å². The molecule has 3 aromatic carbocycles. The molecule has 31 heavy (non-hydrogen) atoms. The van der Waals surface area contributed by atoms with Gasteiger partial charge in [0.05, 0.1) is 22.2 Å². The summed E-state index contributed by atoms with van der Waals surface area (Å²) in [6.07, 6.45) is 1.39. The maximum Gasteiger partial charge on any atom is 0.216 e. The molecule has 4 aromatic rings. The number of halogens is 1. The van der Waals surface area contributed by atoms with Gasteiger partial charge < -0.3 is 4.98 Å². The molecule has 0 amide bonds. The minimum Gasteiger partial charge on any atom is -0.354 e. The van der Waals surface area contributed by atoms with E-state index in [0.717, 1.165) is 16.5 Å². The first-order valence-electron chi connectivity index (χ1n) is 9.18. The van der Waals surface area contributed by atoms with Crippen LogP contribution in [0, 0.1) is 22.7 Å². The largest absolute Gasteiger partial charge is 0.354 e. The van der Waals surface area contributed by atoms with E-state index in [-0.39, 0.29) is 9.80 Å². The Kier molecular flexibility index (Phi) is 5.35. The maximum atomic E-state index is 13.1. The van der Waals surface area contributed by atoms with Gasteiger partial charge in [-0.05, 0) is 54.1 Å². The molecule has 1 aromatic heterocycles. The summed E-state index contributed by atoms with van der Waals surface area (Å²) in [6, 6.07) is 24.0. The van der Waals surface area contributed by atoms with Gasteiger partial charge in [0.2, 0.25) is 9.84 Å². The Bertz CT molecular complexity index is 1500. The molecule has 0 bridgehead atoms. The summed E-state index contributed by atoms with van der Waals surface area (Å²) in [7, 11) is -4.04. The van der Waals surface area contributed by atoms with Crippen LogP contribution >= 0.6 is 11.6 Å². The van der Waals surface area contributed by atoms with Crippen molar-refractivity contribution in [1.29, 1.82) is 10.5 Å². The monoisotopic (exact) mass is 443 g/mol. The maximum absolute atomic E-state index is 13.1. The second-order valence-electron chi connectivity index (χ2n) is 6.73. The van der Waals surface area contributed by atoms with Crippen molar-refractivity contribution >= 4 is 38.4 Å². The lowest BCUT2D eigenvalue weighted by Crippen LogP contribution is -2.03. The van der Waals surface area contributed by atoms with Crippen LogP contribution in [0.3, 0.4) is 0 Å². The van der Waals surface area contributed by atoms with Crippen molar-refractivity contribution in [3.8, 4) is 23.4 Å². The van der Waals surface area contributed by atoms with Crippen molar-refractivity contribution in [3.63, 3.8) is 0 Å². The summed E-state index contributed by atoms with van der Waals surface area (Å²) < 4.78 is 26.2. The summed E-state index contributed by atoms with van der Waals surface area (Å²) >= 11 is 5.87. The molecule has 4 rings (SSSR count). The summed E-state index contributed by atoms with van der Waals surface area (Å²) in [6.45, 7) is 0. The number of hydrogen-bond acceptors (Lipinski definition) is 4. The molecule has 5 nitrogen and oxygen atoms in total. The fourth-order valence-corrected chi connectivity index (χ4v) is 4.56. The van der Waals surface area contributed by atoms with Crippen LogP contribution in [0.4, 0.5) is 0 Å². The van der Waals surface area contributed by atoms with E-state index >= 15 is 0 Å². The molecule has 0 unspecified atom stereocenters. The second kappa shape index (κ2) is 8.12. The molecular weight excluding hydrogens is 430 g/mol. The first kappa shape index (κ1) is 20.4. The van der Waals surface area contributed by atoms with Crippen molar-refractivity contribution in [2.75, 3.05) is 0 Å². The molecule has 1 heterocycles. The Morgan fingerprint density at radius 2 is 1.61 bits per heavy atom. The average molecular weight is 444 g/mol. The number of aromatic nitrogens is 1. The average Bonchev–Trinajstić information content (AvgIpc) is 3.16. The van der Waals surface area contributed by atoms with Crippen LogP contribution in [0.15, 0.2) is 82.6 Å². The van der Waals surface area contributed by atoms with Crippen molar-refractivity contribution in [3.05, 3.63) is 93.9 Å². The fourth-order valence-electron chi connectivity index (χ4n) is 3.29. The molecular formula is C24H14ClN3O2S. The molecule has 1 N–H and O–H groups in total. The molecule has 150 valence electrons. The van der Waals surface area contributed by atoms with Gasteiger partial charge in [-0.25, -0.2) is 8.42 Å². The van der Waals surface area contributed by atoms with Gasteiger partial charge in [0.1, 0.15) is 11.0 Å². The number of nitrogens with one attached hydrogen (secondary N) is 1. The Morgan fingerprint density at radius 3 is 2.26 bits per heavy atom. The molecule has 0 saturated heterocycles. The predicted octanol–water partition coefficient (Wildman–Crippen LogP) is 5.70. The van der Waals surface area contributed by atoms with Crippen LogP contribution in [0.2, 0.25) is 5.02 Å². The molecule has 0 radical (unpaired) electrons. The summed E-state index contributed by atoms with van der Waals surface area (Å²) in [5, 5.41) is 19.9. The van der Waals surface area contributed by atoms with Gasteiger partial charge >= 0.3 is 0 Å². The van der Waals surface area contributed by atoms with E-state index in [9.17, 15) is 13.7 Å². The summed E-state index contributed by atoms with van der Waals surface area (Å²) in [5.41, 5.74) is 3.32. The fraction of sp³-hybridized carbons (Fsp3) is 0. The minimum absolute atomic E-state index is 0.00976. The number of nitrogens with zero attached hydrogens (tertiary/aromatic N) is 2. The van der Waals surface area contributed by atoms with E-state index < -0.39 is 9.84 Å². The highest BCUT2D eigenvalue weighted by Gasteiger charge is 2.22. The van der Waals surface area contributed by atoms with E-state index in [1.807, 2.05) is 30.3 Å². The lowest BCUT2D eigenvalue weighted by molar-refractivity contribution is 0.603. The number of nitriles is 2. The van der Waals surface area contributed by atoms with E-state index in [2.05, 4.69) is 11.1 Å². The number of para-hydroxylation sites is 1. The van der Waals surface area contributed by atoms with Crippen LogP contribution in [0.1, 0.15) is 11.1 Å². The molecule has 0 aliphatic carbocycles. The van der Waals surface area contributed by atoms with Crippen LogP contribution in [0.25, 0.3) is 28.2 Å². The number of sulfone groups is 1. The van der Waals surface area contributed by atoms with Gasteiger partial charge in [-0.2, -0.15) is 10.5 Å². The van der Waals surface area contributed by atoms with Gasteiger partial charge in [-0.15, -0.1) is 0 Å². The topological polar surface area (TPSA) is 97.5 Å². The van der Waals surface area contributed by atoms with E-state index in [1.165, 1.54) is 30.3 Å². The number of fused-ring (bicyclic) bond motifs is 1. The number of hydrogen-bond donors (Lipinski definition) is 1. The predicted molar refractivity (Wildman–Crippen MR) is 121 cm³/mol. The zero-order chi connectivity index (χ0) is 22.0. The first-order chi connectivity index (χ1) is 14.9. The molecule has 0 aliphatic rings. The number of allylic oxidation sites excluding steroid dienone is 1. The SMILES string of the molecule is N#C/C(=C\c1c(-c2ccc(C#N)cc2)[nH]c2ccccc12)S(=O)(=O)c1ccc(Cl)cc1. The Hall–Kier alpha value is -3.84. The normalized spacial score (nSPS) is 11.8. The van der Waals surface area contributed by atoms with Crippen molar-refractivity contribution < 1.29 is 8.42 Å². The third-order valence-electron chi connectivity index (χ3n) is 4.85. The van der Waals surface area contributed by atoms with Gasteiger partial charge in [0.25, 0.3) is 0 Å². The number of H-pyrrole nitrogens is 1. The van der Waals surface area contributed by atoms with Crippen molar-refractivity contribution in [2.24, 2.45) is 0 Å². The quantitative estimate of drug-likeness (QED) is 0.409. The third-order valence-corrected chi connectivity index (χ3v) is 6.78. The van der Waals surface area contributed by atoms with Crippen LogP contribution in [0.5, 0.6) is 0 Å². The zero-order valence-electron chi connectivity index (χ0n) is 16.0. The summed E-state index contributed by atoms with van der Waals surface area (Å²) in [5.74, 6) is 0. The van der Waals surface area contributed by atoms with Gasteiger partial charge in [-0.3, -0.25) is 0 Å². The number of rotatable bonds is 4. The van der Waals surface area contributed by atoms with Gasteiger partial charge in [0, 0.05) is 21.5 Å². The highest BCUT2D eigenvalue weighted by molar-refractivity contribution is 7.95. The smallest absolute Gasteiger partial charge is 0.216 e.